The maximum Gasteiger partial charge on any atom is 0.271 e. The summed E-state index contributed by atoms with van der Waals surface area (Å²) in [4.78, 5) is 34.4. The van der Waals surface area contributed by atoms with Crippen LogP contribution in [0.5, 0.6) is 5.75 Å². The number of carbonyl (C=O) groups excluding carboxylic acids is 1. The standard InChI is InChI=1S/C28H28ClN3O3S/c1-5-15-35-22-10-8-9-19(16-22)17-23-26(33)32-25(20-11-13-21(29)14-12-20)24(18(4)30-28(32)36-23)27(34)31(6-2)7-3/h5,8-14,16-17,25H,1,6-7,15H2,2-4H3/b23-17+/t25-/m0/s1. The van der Waals surface area contributed by atoms with Crippen LogP contribution >= 0.6 is 22.9 Å². The van der Waals surface area contributed by atoms with Gasteiger partial charge in [-0.1, -0.05) is 59.9 Å². The summed E-state index contributed by atoms with van der Waals surface area (Å²) in [6, 6.07) is 14.2. The zero-order valence-corrected chi connectivity index (χ0v) is 22.1. The second kappa shape index (κ2) is 11.1. The number of halogens is 1. The van der Waals surface area contributed by atoms with E-state index in [0.717, 1.165) is 11.1 Å². The van der Waals surface area contributed by atoms with Crippen LogP contribution in [0.2, 0.25) is 5.02 Å². The smallest absolute Gasteiger partial charge is 0.271 e. The van der Waals surface area contributed by atoms with Crippen LogP contribution in [0.3, 0.4) is 0 Å². The fourth-order valence-corrected chi connectivity index (χ4v) is 5.41. The molecule has 0 fully saturated rings. The van der Waals surface area contributed by atoms with E-state index in [4.69, 9.17) is 21.3 Å². The molecule has 3 aromatic rings. The summed E-state index contributed by atoms with van der Waals surface area (Å²) >= 11 is 7.46. The van der Waals surface area contributed by atoms with Gasteiger partial charge in [-0.2, -0.15) is 0 Å². The number of rotatable bonds is 8. The molecule has 8 heteroatoms. The van der Waals surface area contributed by atoms with Crippen molar-refractivity contribution in [3.63, 3.8) is 0 Å². The quantitative estimate of drug-likeness (QED) is 0.415. The summed E-state index contributed by atoms with van der Waals surface area (Å²) in [6.07, 6.45) is 3.51. The molecule has 0 radical (unpaired) electrons. The molecule has 0 aliphatic carbocycles. The van der Waals surface area contributed by atoms with Crippen LogP contribution in [-0.2, 0) is 4.79 Å². The van der Waals surface area contributed by atoms with E-state index in [9.17, 15) is 9.59 Å². The average molecular weight is 522 g/mol. The second-order valence-electron chi connectivity index (χ2n) is 8.28. The Balaban J connectivity index is 1.89. The van der Waals surface area contributed by atoms with E-state index in [2.05, 4.69) is 6.58 Å². The zero-order valence-electron chi connectivity index (χ0n) is 20.5. The van der Waals surface area contributed by atoms with Crippen molar-refractivity contribution in [1.29, 1.82) is 0 Å². The number of thiazole rings is 1. The molecule has 1 aliphatic heterocycles. The molecule has 0 unspecified atom stereocenters. The molecule has 1 aromatic heterocycles. The van der Waals surface area contributed by atoms with Crippen molar-refractivity contribution in [2.75, 3.05) is 19.7 Å². The van der Waals surface area contributed by atoms with Crippen LogP contribution < -0.4 is 19.6 Å². The number of hydrogen-bond acceptors (Lipinski definition) is 5. The van der Waals surface area contributed by atoms with Crippen LogP contribution in [0, 0.1) is 0 Å². The Morgan fingerprint density at radius 1 is 1.22 bits per heavy atom. The molecule has 1 aliphatic rings. The van der Waals surface area contributed by atoms with Gasteiger partial charge in [-0.25, -0.2) is 4.99 Å². The largest absolute Gasteiger partial charge is 0.490 e. The first-order valence-electron chi connectivity index (χ1n) is 11.8. The maximum atomic E-state index is 13.8. The van der Waals surface area contributed by atoms with Crippen molar-refractivity contribution in [1.82, 2.24) is 9.47 Å². The van der Waals surface area contributed by atoms with Crippen LogP contribution in [0.25, 0.3) is 6.08 Å². The summed E-state index contributed by atoms with van der Waals surface area (Å²) in [5.74, 6) is 0.570. The van der Waals surface area contributed by atoms with Gasteiger partial charge in [-0.05, 0) is 62.2 Å². The third-order valence-electron chi connectivity index (χ3n) is 6.01. The lowest BCUT2D eigenvalue weighted by Gasteiger charge is -2.29. The van der Waals surface area contributed by atoms with Gasteiger partial charge in [0.05, 0.1) is 21.8 Å². The predicted molar refractivity (Wildman–Crippen MR) is 145 cm³/mol. The summed E-state index contributed by atoms with van der Waals surface area (Å²) < 4.78 is 7.78. The topological polar surface area (TPSA) is 63.9 Å². The molecule has 2 aromatic carbocycles. The highest BCUT2D eigenvalue weighted by Crippen LogP contribution is 2.31. The Morgan fingerprint density at radius 3 is 2.61 bits per heavy atom. The fraction of sp³-hybridized carbons (Fsp3) is 0.250. The van der Waals surface area contributed by atoms with Crippen molar-refractivity contribution in [2.45, 2.75) is 26.8 Å². The molecule has 0 saturated carbocycles. The number of benzene rings is 2. The maximum absolute atomic E-state index is 13.8. The number of allylic oxidation sites excluding steroid dienone is 1. The Kier molecular flexibility index (Phi) is 7.91. The molecule has 186 valence electrons. The van der Waals surface area contributed by atoms with Crippen LogP contribution in [0.1, 0.15) is 37.9 Å². The van der Waals surface area contributed by atoms with Gasteiger partial charge >= 0.3 is 0 Å². The van der Waals surface area contributed by atoms with E-state index in [1.165, 1.54) is 11.3 Å². The lowest BCUT2D eigenvalue weighted by Crippen LogP contribution is -2.43. The molecule has 4 rings (SSSR count). The molecule has 36 heavy (non-hydrogen) atoms. The molecule has 6 nitrogen and oxygen atoms in total. The molecule has 0 saturated heterocycles. The van der Waals surface area contributed by atoms with Crippen molar-refractivity contribution >= 4 is 34.9 Å². The Morgan fingerprint density at radius 2 is 1.94 bits per heavy atom. The molecule has 0 bridgehead atoms. The van der Waals surface area contributed by atoms with Gasteiger partial charge in [0.15, 0.2) is 4.80 Å². The highest BCUT2D eigenvalue weighted by atomic mass is 35.5. The number of amides is 1. The number of ether oxygens (including phenoxy) is 1. The lowest BCUT2D eigenvalue weighted by atomic mass is 9.94. The summed E-state index contributed by atoms with van der Waals surface area (Å²) in [6.45, 7) is 10.9. The lowest BCUT2D eigenvalue weighted by molar-refractivity contribution is -0.127. The number of hydrogen-bond donors (Lipinski definition) is 0. The van der Waals surface area contributed by atoms with Gasteiger partial charge in [-0.3, -0.25) is 14.2 Å². The van der Waals surface area contributed by atoms with Crippen molar-refractivity contribution in [2.24, 2.45) is 4.99 Å². The van der Waals surface area contributed by atoms with Gasteiger partial charge in [0, 0.05) is 18.1 Å². The molecular formula is C28H28ClN3O3S. The van der Waals surface area contributed by atoms with Gasteiger partial charge in [-0.15, -0.1) is 0 Å². The number of fused-ring (bicyclic) bond motifs is 1. The molecule has 1 amide bonds. The second-order valence-corrected chi connectivity index (χ2v) is 9.73. The predicted octanol–water partition coefficient (Wildman–Crippen LogP) is 4.32. The van der Waals surface area contributed by atoms with E-state index in [1.54, 1.807) is 27.7 Å². The first-order chi connectivity index (χ1) is 17.4. The molecular weight excluding hydrogens is 494 g/mol. The molecule has 2 heterocycles. The van der Waals surface area contributed by atoms with E-state index < -0.39 is 6.04 Å². The number of nitrogens with zero attached hydrogens (tertiary/aromatic N) is 3. The Hall–Kier alpha value is -3.42. The number of aromatic nitrogens is 1. The Bertz CT molecular complexity index is 1500. The highest BCUT2D eigenvalue weighted by molar-refractivity contribution is 7.07. The first kappa shape index (κ1) is 25.7. The molecule has 0 spiro atoms. The minimum Gasteiger partial charge on any atom is -0.490 e. The zero-order chi connectivity index (χ0) is 25.8. The average Bonchev–Trinajstić information content (AvgIpc) is 3.17. The monoisotopic (exact) mass is 521 g/mol. The van der Waals surface area contributed by atoms with Gasteiger partial charge in [0.1, 0.15) is 12.4 Å². The minimum atomic E-state index is -0.601. The third-order valence-corrected chi connectivity index (χ3v) is 7.25. The minimum absolute atomic E-state index is 0.123. The molecule has 1 atom stereocenters. The number of carbonyl (C=O) groups is 1. The fourth-order valence-electron chi connectivity index (χ4n) is 4.24. The van der Waals surface area contributed by atoms with Gasteiger partial charge in [0.25, 0.3) is 11.5 Å². The summed E-state index contributed by atoms with van der Waals surface area (Å²) in [5.41, 5.74) is 2.55. The third kappa shape index (κ3) is 5.08. The van der Waals surface area contributed by atoms with E-state index in [-0.39, 0.29) is 11.5 Å². The van der Waals surface area contributed by atoms with E-state index >= 15 is 0 Å². The Labute approximate surface area is 219 Å². The van der Waals surface area contributed by atoms with Crippen LogP contribution in [-0.4, -0.2) is 35.1 Å². The summed E-state index contributed by atoms with van der Waals surface area (Å²) in [7, 11) is 0. The summed E-state index contributed by atoms with van der Waals surface area (Å²) in [5, 5.41) is 0.585. The van der Waals surface area contributed by atoms with E-state index in [0.29, 0.717) is 51.1 Å². The SMILES string of the molecule is C=CCOc1cccc(/C=c2/sc3n(c2=O)[C@@H](c2ccc(Cl)cc2)C(C(=O)N(CC)CC)=C(C)N=3)c1. The number of likely N-dealkylation sites (N-methyl/N-ethyl adjacent to an activating group) is 1. The van der Waals surface area contributed by atoms with Crippen LogP contribution in [0.15, 0.2) is 82.2 Å². The highest BCUT2D eigenvalue weighted by Gasteiger charge is 2.34. The van der Waals surface area contributed by atoms with E-state index in [1.807, 2.05) is 63.2 Å². The van der Waals surface area contributed by atoms with Gasteiger partial charge in [0.2, 0.25) is 0 Å². The first-order valence-corrected chi connectivity index (χ1v) is 13.0. The van der Waals surface area contributed by atoms with Crippen molar-refractivity contribution in [3.05, 3.63) is 108 Å². The van der Waals surface area contributed by atoms with Crippen molar-refractivity contribution in [3.8, 4) is 5.75 Å². The molecule has 0 N–H and O–H groups in total. The van der Waals surface area contributed by atoms with Crippen LogP contribution in [0.4, 0.5) is 0 Å². The van der Waals surface area contributed by atoms with Gasteiger partial charge < -0.3 is 9.64 Å². The normalized spacial score (nSPS) is 15.3. The van der Waals surface area contributed by atoms with Crippen molar-refractivity contribution < 1.29 is 9.53 Å².